The largest absolute Gasteiger partial charge is 0.376 e. The number of benzene rings is 1. The number of halogens is 1. The first kappa shape index (κ1) is 14.7. The van der Waals surface area contributed by atoms with Crippen LogP contribution in [-0.4, -0.2) is 38.4 Å². The Morgan fingerprint density at radius 2 is 2.20 bits per heavy atom. The molecule has 0 aromatic heterocycles. The summed E-state index contributed by atoms with van der Waals surface area (Å²) in [4.78, 5) is 11.6. The van der Waals surface area contributed by atoms with Crippen LogP contribution in [0.5, 0.6) is 0 Å². The quantitative estimate of drug-likeness (QED) is 0.720. The van der Waals surface area contributed by atoms with Gasteiger partial charge < -0.3 is 20.7 Å². The van der Waals surface area contributed by atoms with Crippen LogP contribution in [-0.2, 0) is 4.74 Å². The maximum Gasteiger partial charge on any atom is 0.319 e. The number of piperidine rings is 1. The minimum Gasteiger partial charge on any atom is -0.376 e. The molecule has 5 nitrogen and oxygen atoms in total. The van der Waals surface area contributed by atoms with Gasteiger partial charge >= 0.3 is 6.03 Å². The number of ether oxygens (including phenoxy) is 1. The second kappa shape index (κ2) is 7.81. The molecule has 1 aliphatic rings. The molecule has 0 bridgehead atoms. The van der Waals surface area contributed by atoms with Crippen LogP contribution >= 0.6 is 0 Å². The van der Waals surface area contributed by atoms with Crippen molar-refractivity contribution in [1.82, 2.24) is 10.6 Å². The summed E-state index contributed by atoms with van der Waals surface area (Å²) in [6, 6.07) is 5.42. The third-order valence-corrected chi connectivity index (χ3v) is 3.11. The van der Waals surface area contributed by atoms with Gasteiger partial charge in [0.15, 0.2) is 0 Å². The van der Waals surface area contributed by atoms with Crippen LogP contribution in [0.2, 0.25) is 0 Å². The van der Waals surface area contributed by atoms with Crippen LogP contribution in [0.1, 0.15) is 12.8 Å². The summed E-state index contributed by atoms with van der Waals surface area (Å²) >= 11 is 0. The molecule has 0 aliphatic carbocycles. The molecule has 0 spiro atoms. The molecule has 6 heteroatoms. The van der Waals surface area contributed by atoms with E-state index in [-0.39, 0.29) is 18.0 Å². The monoisotopic (exact) mass is 281 g/mol. The molecule has 0 atom stereocenters. The topological polar surface area (TPSA) is 62.4 Å². The van der Waals surface area contributed by atoms with Crippen LogP contribution in [0.3, 0.4) is 0 Å². The number of hydrogen-bond acceptors (Lipinski definition) is 3. The normalized spacial score (nSPS) is 15.8. The molecule has 20 heavy (non-hydrogen) atoms. The van der Waals surface area contributed by atoms with Gasteiger partial charge in [-0.3, -0.25) is 0 Å². The Labute approximate surface area is 117 Å². The zero-order valence-corrected chi connectivity index (χ0v) is 11.3. The number of amides is 2. The third-order valence-electron chi connectivity index (χ3n) is 3.11. The smallest absolute Gasteiger partial charge is 0.319 e. The molecule has 1 aromatic rings. The summed E-state index contributed by atoms with van der Waals surface area (Å²) in [5, 5.41) is 8.51. The highest BCUT2D eigenvalue weighted by Gasteiger charge is 2.12. The number of urea groups is 1. The molecule has 0 radical (unpaired) electrons. The van der Waals surface area contributed by atoms with Crippen molar-refractivity contribution in [3.8, 4) is 0 Å². The molecule has 1 fully saturated rings. The number of carbonyl (C=O) groups is 1. The number of carbonyl (C=O) groups excluding carboxylic acids is 1. The van der Waals surface area contributed by atoms with Gasteiger partial charge in [0.1, 0.15) is 5.82 Å². The Kier molecular flexibility index (Phi) is 5.76. The van der Waals surface area contributed by atoms with Crippen molar-refractivity contribution < 1.29 is 13.9 Å². The molecule has 2 rings (SSSR count). The van der Waals surface area contributed by atoms with Crippen molar-refractivity contribution in [2.45, 2.75) is 18.9 Å². The zero-order valence-electron chi connectivity index (χ0n) is 11.3. The molecule has 1 aromatic carbocycles. The average molecular weight is 281 g/mol. The van der Waals surface area contributed by atoms with Crippen LogP contribution in [0.25, 0.3) is 0 Å². The molecular weight excluding hydrogens is 261 g/mol. The van der Waals surface area contributed by atoms with Crippen molar-refractivity contribution in [3.05, 3.63) is 30.1 Å². The van der Waals surface area contributed by atoms with E-state index in [2.05, 4.69) is 16.0 Å². The van der Waals surface area contributed by atoms with E-state index in [0.717, 1.165) is 25.9 Å². The summed E-state index contributed by atoms with van der Waals surface area (Å²) in [5.74, 6) is -0.378. The van der Waals surface area contributed by atoms with E-state index in [0.29, 0.717) is 18.8 Å². The van der Waals surface area contributed by atoms with E-state index < -0.39 is 0 Å². The standard InChI is InChI=1S/C14H20FN3O2/c15-11-2-1-3-12(10-11)18-14(19)17-8-9-20-13-4-6-16-7-5-13/h1-3,10,13,16H,4-9H2,(H2,17,18,19). The van der Waals surface area contributed by atoms with Gasteiger partial charge in [0, 0.05) is 12.2 Å². The highest BCUT2D eigenvalue weighted by Crippen LogP contribution is 2.08. The predicted molar refractivity (Wildman–Crippen MR) is 75.3 cm³/mol. The molecule has 2 amide bonds. The first-order valence-electron chi connectivity index (χ1n) is 6.87. The number of nitrogens with one attached hydrogen (secondary N) is 3. The Bertz CT molecular complexity index is 436. The fourth-order valence-corrected chi connectivity index (χ4v) is 2.09. The predicted octanol–water partition coefficient (Wildman–Crippen LogP) is 1.72. The van der Waals surface area contributed by atoms with Crippen molar-refractivity contribution in [2.75, 3.05) is 31.6 Å². The van der Waals surface area contributed by atoms with Gasteiger partial charge in [-0.25, -0.2) is 9.18 Å². The molecule has 0 unspecified atom stereocenters. The van der Waals surface area contributed by atoms with Crippen molar-refractivity contribution in [2.24, 2.45) is 0 Å². The highest BCUT2D eigenvalue weighted by atomic mass is 19.1. The lowest BCUT2D eigenvalue weighted by Crippen LogP contribution is -2.35. The summed E-state index contributed by atoms with van der Waals surface area (Å²) in [7, 11) is 0. The second-order valence-corrected chi connectivity index (χ2v) is 4.71. The highest BCUT2D eigenvalue weighted by molar-refractivity contribution is 5.89. The zero-order chi connectivity index (χ0) is 14.2. The lowest BCUT2D eigenvalue weighted by molar-refractivity contribution is 0.0358. The fourth-order valence-electron chi connectivity index (χ4n) is 2.09. The lowest BCUT2D eigenvalue weighted by atomic mass is 10.1. The van der Waals surface area contributed by atoms with Crippen molar-refractivity contribution >= 4 is 11.7 Å². The summed E-state index contributed by atoms with van der Waals surface area (Å²) < 4.78 is 18.6. The SMILES string of the molecule is O=C(NCCOC1CCNCC1)Nc1cccc(F)c1. The molecular formula is C14H20FN3O2. The summed E-state index contributed by atoms with van der Waals surface area (Å²) in [6.07, 6.45) is 2.30. The Hall–Kier alpha value is -1.66. The Morgan fingerprint density at radius 3 is 2.95 bits per heavy atom. The van der Waals surface area contributed by atoms with Crippen molar-refractivity contribution in [1.29, 1.82) is 0 Å². The first-order chi connectivity index (χ1) is 9.74. The van der Waals surface area contributed by atoms with Gasteiger partial charge in [0.2, 0.25) is 0 Å². The Morgan fingerprint density at radius 1 is 1.40 bits per heavy atom. The van der Waals surface area contributed by atoms with Gasteiger partial charge in [-0.05, 0) is 44.1 Å². The van der Waals surface area contributed by atoms with Gasteiger partial charge in [-0.2, -0.15) is 0 Å². The average Bonchev–Trinajstić information content (AvgIpc) is 2.45. The van der Waals surface area contributed by atoms with Crippen LogP contribution in [0, 0.1) is 5.82 Å². The van der Waals surface area contributed by atoms with E-state index >= 15 is 0 Å². The third kappa shape index (κ3) is 5.14. The molecule has 0 saturated carbocycles. The second-order valence-electron chi connectivity index (χ2n) is 4.71. The van der Waals surface area contributed by atoms with E-state index in [9.17, 15) is 9.18 Å². The number of rotatable bonds is 5. The maximum absolute atomic E-state index is 12.9. The van der Waals surface area contributed by atoms with Crippen LogP contribution < -0.4 is 16.0 Å². The Balaban J connectivity index is 1.60. The van der Waals surface area contributed by atoms with Gasteiger partial charge in [0.25, 0.3) is 0 Å². The van der Waals surface area contributed by atoms with Gasteiger partial charge in [0.05, 0.1) is 12.7 Å². The minimum absolute atomic E-state index is 0.282. The van der Waals surface area contributed by atoms with Crippen LogP contribution in [0.4, 0.5) is 14.9 Å². The van der Waals surface area contributed by atoms with Gasteiger partial charge in [-0.1, -0.05) is 6.07 Å². The molecule has 1 saturated heterocycles. The van der Waals surface area contributed by atoms with E-state index in [4.69, 9.17) is 4.74 Å². The van der Waals surface area contributed by atoms with Crippen LogP contribution in [0.15, 0.2) is 24.3 Å². The molecule has 110 valence electrons. The molecule has 1 heterocycles. The van der Waals surface area contributed by atoms with Crippen molar-refractivity contribution in [3.63, 3.8) is 0 Å². The number of hydrogen-bond donors (Lipinski definition) is 3. The summed E-state index contributed by atoms with van der Waals surface area (Å²) in [6.45, 7) is 2.89. The van der Waals surface area contributed by atoms with E-state index in [1.54, 1.807) is 12.1 Å². The fraction of sp³-hybridized carbons (Fsp3) is 0.500. The summed E-state index contributed by atoms with van der Waals surface area (Å²) in [5.41, 5.74) is 0.432. The lowest BCUT2D eigenvalue weighted by Gasteiger charge is -2.22. The first-order valence-corrected chi connectivity index (χ1v) is 6.87. The van der Waals surface area contributed by atoms with E-state index in [1.165, 1.54) is 12.1 Å². The molecule has 3 N–H and O–H groups in total. The maximum atomic E-state index is 12.9. The van der Waals surface area contributed by atoms with Gasteiger partial charge in [-0.15, -0.1) is 0 Å². The molecule has 1 aliphatic heterocycles. The van der Waals surface area contributed by atoms with E-state index in [1.807, 2.05) is 0 Å². The number of anilines is 1. The minimum atomic E-state index is -0.378.